The highest BCUT2D eigenvalue weighted by atomic mass is 32.1. The Kier molecular flexibility index (Phi) is 6.60. The van der Waals surface area contributed by atoms with E-state index in [1.807, 2.05) is 49.6 Å². The van der Waals surface area contributed by atoms with E-state index >= 15 is 0 Å². The average Bonchev–Trinajstić information content (AvgIpc) is 3.24. The van der Waals surface area contributed by atoms with Crippen LogP contribution in [0.5, 0.6) is 11.5 Å². The lowest BCUT2D eigenvalue weighted by Gasteiger charge is -2.21. The van der Waals surface area contributed by atoms with Crippen LogP contribution in [0.2, 0.25) is 0 Å². The molecule has 0 spiro atoms. The molecule has 0 aliphatic carbocycles. The van der Waals surface area contributed by atoms with Crippen LogP contribution in [-0.4, -0.2) is 34.4 Å². The predicted octanol–water partition coefficient (Wildman–Crippen LogP) is 4.10. The number of hydrogen-bond donors (Lipinski definition) is 0. The molecule has 2 aromatic heterocycles. The van der Waals surface area contributed by atoms with Crippen molar-refractivity contribution in [1.82, 2.24) is 14.9 Å². The van der Waals surface area contributed by atoms with Crippen LogP contribution in [0.3, 0.4) is 0 Å². The number of benzene rings is 1. The molecular formula is C21H23N3O3S. The smallest absolute Gasteiger partial charge is 0.274 e. The van der Waals surface area contributed by atoms with Crippen molar-refractivity contribution in [3.63, 3.8) is 0 Å². The van der Waals surface area contributed by atoms with Gasteiger partial charge in [0.05, 0.1) is 19.0 Å². The molecule has 7 heteroatoms. The summed E-state index contributed by atoms with van der Waals surface area (Å²) in [5, 5.41) is 2.02. The summed E-state index contributed by atoms with van der Waals surface area (Å²) in [6.07, 6.45) is 3.12. The number of rotatable bonds is 8. The molecule has 0 radical (unpaired) electrons. The summed E-state index contributed by atoms with van der Waals surface area (Å²) in [7, 11) is 1.61. The van der Waals surface area contributed by atoms with Crippen LogP contribution >= 0.6 is 11.3 Å². The standard InChI is InChI=1S/C21H23N3O3S/c1-4-24(21(25)18-12-22-15(2)11-23-18)13-16-7-8-19(20(10-16)26-3)27-14-17-6-5-9-28-17/h5-12H,4,13-14H2,1-3H3. The van der Waals surface area contributed by atoms with Gasteiger partial charge < -0.3 is 14.4 Å². The molecule has 6 nitrogen and oxygen atoms in total. The molecule has 146 valence electrons. The first-order valence-electron chi connectivity index (χ1n) is 9.00. The highest BCUT2D eigenvalue weighted by molar-refractivity contribution is 7.09. The van der Waals surface area contributed by atoms with Gasteiger partial charge in [0.25, 0.3) is 5.91 Å². The lowest BCUT2D eigenvalue weighted by atomic mass is 10.1. The minimum Gasteiger partial charge on any atom is -0.493 e. The summed E-state index contributed by atoms with van der Waals surface area (Å²) in [6.45, 7) is 5.29. The second kappa shape index (κ2) is 9.32. The second-order valence-corrected chi connectivity index (χ2v) is 7.25. The Morgan fingerprint density at radius 3 is 2.68 bits per heavy atom. The molecule has 0 aliphatic rings. The molecule has 28 heavy (non-hydrogen) atoms. The number of thiophene rings is 1. The van der Waals surface area contributed by atoms with Gasteiger partial charge in [-0.05, 0) is 43.0 Å². The van der Waals surface area contributed by atoms with Gasteiger partial charge in [-0.25, -0.2) is 4.98 Å². The molecule has 3 aromatic rings. The molecule has 0 fully saturated rings. The minimum absolute atomic E-state index is 0.146. The van der Waals surface area contributed by atoms with Crippen molar-refractivity contribution in [3.05, 3.63) is 69.9 Å². The van der Waals surface area contributed by atoms with E-state index in [2.05, 4.69) is 9.97 Å². The van der Waals surface area contributed by atoms with E-state index in [9.17, 15) is 4.79 Å². The van der Waals surface area contributed by atoms with Crippen LogP contribution in [0.4, 0.5) is 0 Å². The van der Waals surface area contributed by atoms with Crippen LogP contribution < -0.4 is 9.47 Å². The van der Waals surface area contributed by atoms with Crippen LogP contribution in [-0.2, 0) is 13.2 Å². The largest absolute Gasteiger partial charge is 0.493 e. The van der Waals surface area contributed by atoms with Gasteiger partial charge in [-0.15, -0.1) is 11.3 Å². The zero-order valence-corrected chi connectivity index (χ0v) is 17.0. The summed E-state index contributed by atoms with van der Waals surface area (Å²) in [6, 6.07) is 9.76. The Morgan fingerprint density at radius 1 is 1.18 bits per heavy atom. The molecule has 0 saturated heterocycles. The average molecular weight is 398 g/mol. The van der Waals surface area contributed by atoms with Crippen LogP contribution in [0.15, 0.2) is 48.1 Å². The number of carbonyl (C=O) groups excluding carboxylic acids is 1. The lowest BCUT2D eigenvalue weighted by molar-refractivity contribution is 0.0746. The fourth-order valence-electron chi connectivity index (χ4n) is 2.69. The van der Waals surface area contributed by atoms with Crippen molar-refractivity contribution >= 4 is 17.2 Å². The molecule has 1 aromatic carbocycles. The normalized spacial score (nSPS) is 10.5. The molecule has 0 saturated carbocycles. The van der Waals surface area contributed by atoms with Gasteiger partial charge in [-0.3, -0.25) is 9.78 Å². The molecule has 0 N–H and O–H groups in total. The van der Waals surface area contributed by atoms with E-state index < -0.39 is 0 Å². The first-order chi connectivity index (χ1) is 13.6. The molecule has 3 rings (SSSR count). The number of aryl methyl sites for hydroxylation is 1. The van der Waals surface area contributed by atoms with Gasteiger partial charge in [-0.1, -0.05) is 12.1 Å². The van der Waals surface area contributed by atoms with E-state index in [1.165, 1.54) is 6.20 Å². The maximum Gasteiger partial charge on any atom is 0.274 e. The highest BCUT2D eigenvalue weighted by Gasteiger charge is 2.17. The third-order valence-corrected chi connectivity index (χ3v) is 5.07. The second-order valence-electron chi connectivity index (χ2n) is 6.22. The molecule has 0 aliphatic heterocycles. The number of aromatic nitrogens is 2. The van der Waals surface area contributed by atoms with Crippen molar-refractivity contribution in [2.24, 2.45) is 0 Å². The monoisotopic (exact) mass is 397 g/mol. The number of amides is 1. The maximum absolute atomic E-state index is 12.7. The summed E-state index contributed by atoms with van der Waals surface area (Å²) >= 11 is 1.65. The van der Waals surface area contributed by atoms with Crippen LogP contribution in [0.25, 0.3) is 0 Å². The van der Waals surface area contributed by atoms with Gasteiger partial charge >= 0.3 is 0 Å². The summed E-state index contributed by atoms with van der Waals surface area (Å²) < 4.78 is 11.4. The van der Waals surface area contributed by atoms with Crippen molar-refractivity contribution in [1.29, 1.82) is 0 Å². The maximum atomic E-state index is 12.7. The Morgan fingerprint density at radius 2 is 2.04 bits per heavy atom. The van der Waals surface area contributed by atoms with Gasteiger partial charge in [0.2, 0.25) is 0 Å². The third-order valence-electron chi connectivity index (χ3n) is 4.22. The first-order valence-corrected chi connectivity index (χ1v) is 9.88. The van der Waals surface area contributed by atoms with Gasteiger partial charge in [-0.2, -0.15) is 0 Å². The topological polar surface area (TPSA) is 64.6 Å². The van der Waals surface area contributed by atoms with Crippen LogP contribution in [0.1, 0.15) is 33.5 Å². The Bertz CT molecular complexity index is 911. The van der Waals surface area contributed by atoms with Crippen molar-refractivity contribution in [2.45, 2.75) is 27.0 Å². The number of methoxy groups -OCH3 is 1. The van der Waals surface area contributed by atoms with Crippen LogP contribution in [0, 0.1) is 6.92 Å². The molecule has 0 bridgehead atoms. The van der Waals surface area contributed by atoms with E-state index in [0.29, 0.717) is 36.9 Å². The fourth-order valence-corrected chi connectivity index (χ4v) is 3.30. The van der Waals surface area contributed by atoms with E-state index in [0.717, 1.165) is 16.1 Å². The number of carbonyl (C=O) groups is 1. The van der Waals surface area contributed by atoms with Gasteiger partial charge in [0.15, 0.2) is 11.5 Å². The number of hydrogen-bond acceptors (Lipinski definition) is 6. The Hall–Kier alpha value is -2.93. The zero-order chi connectivity index (χ0) is 19.9. The number of nitrogens with zero attached hydrogens (tertiary/aromatic N) is 3. The molecular weight excluding hydrogens is 374 g/mol. The molecule has 0 atom stereocenters. The fraction of sp³-hybridized carbons (Fsp3) is 0.286. The highest BCUT2D eigenvalue weighted by Crippen LogP contribution is 2.30. The van der Waals surface area contributed by atoms with E-state index in [4.69, 9.17) is 9.47 Å². The van der Waals surface area contributed by atoms with Gasteiger partial charge in [0, 0.05) is 24.2 Å². The molecule has 1 amide bonds. The minimum atomic E-state index is -0.146. The third kappa shape index (κ3) is 4.86. The SMILES string of the molecule is CCN(Cc1ccc(OCc2cccs2)c(OC)c1)C(=O)c1cnc(C)cn1. The predicted molar refractivity (Wildman–Crippen MR) is 109 cm³/mol. The van der Waals surface area contributed by atoms with Gasteiger partial charge in [0.1, 0.15) is 12.3 Å². The number of ether oxygens (including phenoxy) is 2. The molecule has 0 unspecified atom stereocenters. The van der Waals surface area contributed by atoms with E-state index in [-0.39, 0.29) is 5.91 Å². The zero-order valence-electron chi connectivity index (χ0n) is 16.2. The Balaban J connectivity index is 1.71. The first kappa shape index (κ1) is 19.8. The lowest BCUT2D eigenvalue weighted by Crippen LogP contribution is -2.31. The summed E-state index contributed by atoms with van der Waals surface area (Å²) in [4.78, 5) is 23.9. The van der Waals surface area contributed by atoms with E-state index in [1.54, 1.807) is 29.5 Å². The van der Waals surface area contributed by atoms with Crippen molar-refractivity contribution in [2.75, 3.05) is 13.7 Å². The quantitative estimate of drug-likeness (QED) is 0.573. The van der Waals surface area contributed by atoms with Crippen molar-refractivity contribution in [3.8, 4) is 11.5 Å². The summed E-state index contributed by atoms with van der Waals surface area (Å²) in [5.74, 6) is 1.18. The molecule has 2 heterocycles. The summed E-state index contributed by atoms with van der Waals surface area (Å²) in [5.41, 5.74) is 2.08. The Labute approximate surface area is 168 Å². The van der Waals surface area contributed by atoms with Crippen molar-refractivity contribution < 1.29 is 14.3 Å².